The van der Waals surface area contributed by atoms with E-state index in [1.165, 1.54) is 21.6 Å². The molecule has 14 heteroatoms. The van der Waals surface area contributed by atoms with Crippen molar-refractivity contribution in [3.8, 4) is 5.69 Å². The third-order valence-corrected chi connectivity index (χ3v) is 7.37. The number of pyridine rings is 1. The minimum absolute atomic E-state index is 0.0600. The molecule has 1 saturated carbocycles. The Kier molecular flexibility index (Phi) is 6.61. The molecule has 1 N–H and O–H groups in total. The summed E-state index contributed by atoms with van der Waals surface area (Å²) >= 11 is 0. The number of aromatic nitrogens is 8. The zero-order valence-corrected chi connectivity index (χ0v) is 21.2. The molecule has 0 spiro atoms. The smallest absolute Gasteiger partial charge is 0.350 e. The Balaban J connectivity index is 1.47. The van der Waals surface area contributed by atoms with Crippen LogP contribution in [-0.2, 0) is 18.1 Å². The average molecular weight is 547 g/mol. The van der Waals surface area contributed by atoms with E-state index in [-0.39, 0.29) is 17.1 Å². The van der Waals surface area contributed by atoms with Gasteiger partial charge in [0, 0.05) is 11.6 Å². The monoisotopic (exact) mass is 546 g/mol. The molecular weight excluding hydrogens is 520 g/mol. The number of nitrogens with zero attached hydrogens (tertiary/aromatic N) is 8. The number of rotatable bonds is 7. The molecule has 206 valence electrons. The summed E-state index contributed by atoms with van der Waals surface area (Å²) in [7, 11) is 0. The molecule has 0 radical (unpaired) electrons. The van der Waals surface area contributed by atoms with E-state index in [0.29, 0.717) is 6.07 Å². The van der Waals surface area contributed by atoms with Crippen LogP contribution in [0.3, 0.4) is 0 Å². The van der Waals surface area contributed by atoms with Crippen LogP contribution in [0, 0.1) is 17.0 Å². The summed E-state index contributed by atoms with van der Waals surface area (Å²) in [5.41, 5.74) is -5.09. The van der Waals surface area contributed by atoms with Gasteiger partial charge in [-0.2, -0.15) is 13.9 Å². The fourth-order valence-corrected chi connectivity index (χ4v) is 4.96. The van der Waals surface area contributed by atoms with Crippen molar-refractivity contribution >= 4 is 0 Å². The van der Waals surface area contributed by atoms with Crippen molar-refractivity contribution < 1.29 is 22.7 Å². The predicted molar refractivity (Wildman–Crippen MR) is 129 cm³/mol. The van der Waals surface area contributed by atoms with Gasteiger partial charge in [-0.25, -0.2) is 27.5 Å². The van der Waals surface area contributed by atoms with Crippen LogP contribution in [0.1, 0.15) is 56.8 Å². The van der Waals surface area contributed by atoms with E-state index >= 15 is 8.78 Å². The highest BCUT2D eigenvalue weighted by molar-refractivity contribution is 5.34. The van der Waals surface area contributed by atoms with E-state index in [1.807, 2.05) is 0 Å². The third-order valence-electron chi connectivity index (χ3n) is 7.37. The first-order valence-electron chi connectivity index (χ1n) is 12.3. The highest BCUT2D eigenvalue weighted by atomic mass is 19.3. The van der Waals surface area contributed by atoms with Crippen LogP contribution in [0.15, 0.2) is 54.0 Å². The van der Waals surface area contributed by atoms with E-state index in [2.05, 4.69) is 39.5 Å². The van der Waals surface area contributed by atoms with Crippen LogP contribution in [0.5, 0.6) is 0 Å². The molecule has 39 heavy (non-hydrogen) atoms. The minimum atomic E-state index is -4.21. The van der Waals surface area contributed by atoms with Gasteiger partial charge in [0.1, 0.15) is 30.0 Å². The molecule has 3 heterocycles. The summed E-state index contributed by atoms with van der Waals surface area (Å²) in [6.45, 7) is 3.40. The van der Waals surface area contributed by atoms with Gasteiger partial charge in [-0.1, -0.05) is 13.8 Å². The topological polar surface area (TPSA) is 117 Å². The van der Waals surface area contributed by atoms with E-state index in [0.717, 1.165) is 61.1 Å². The molecule has 3 aromatic heterocycles. The summed E-state index contributed by atoms with van der Waals surface area (Å²) < 4.78 is 63.5. The molecule has 4 aromatic rings. The summed E-state index contributed by atoms with van der Waals surface area (Å²) in [5.74, 6) is -6.60. The lowest BCUT2D eigenvalue weighted by Gasteiger charge is -2.35. The molecule has 10 nitrogen and oxygen atoms in total. The van der Waals surface area contributed by atoms with Gasteiger partial charge in [0.25, 0.3) is 0 Å². The lowest BCUT2D eigenvalue weighted by atomic mass is 9.76. The van der Waals surface area contributed by atoms with Crippen LogP contribution < -0.4 is 5.69 Å². The minimum Gasteiger partial charge on any atom is -0.377 e. The summed E-state index contributed by atoms with van der Waals surface area (Å²) in [4.78, 5) is 16.9. The summed E-state index contributed by atoms with van der Waals surface area (Å²) in [5, 5.41) is 25.7. The number of aliphatic hydroxyl groups is 1. The molecular formula is C25H26F4N8O2. The molecule has 0 bridgehead atoms. The van der Waals surface area contributed by atoms with E-state index < -0.39 is 46.6 Å². The molecule has 1 aromatic carbocycles. The van der Waals surface area contributed by atoms with Gasteiger partial charge in [-0.05, 0) is 65.8 Å². The number of halogens is 4. The van der Waals surface area contributed by atoms with E-state index in [9.17, 15) is 18.7 Å². The maximum atomic E-state index is 15.9. The number of hydrogen-bond donors (Lipinski definition) is 1. The summed E-state index contributed by atoms with van der Waals surface area (Å²) in [6, 6.07) is 3.98. The van der Waals surface area contributed by atoms with Gasteiger partial charge in [-0.3, -0.25) is 4.98 Å². The maximum absolute atomic E-state index is 15.9. The maximum Gasteiger partial charge on any atom is 0.350 e. The van der Waals surface area contributed by atoms with Gasteiger partial charge in [0.2, 0.25) is 0 Å². The van der Waals surface area contributed by atoms with Gasteiger partial charge < -0.3 is 5.11 Å². The largest absolute Gasteiger partial charge is 0.377 e. The first-order chi connectivity index (χ1) is 18.4. The number of tetrazole rings is 1. The lowest BCUT2D eigenvalue weighted by Crippen LogP contribution is -2.48. The first kappa shape index (κ1) is 26.7. The standard InChI is InChI=1S/C25H26F4N8O2/c1-23(2)9-7-17(8-10-23)37-22(38)36(15-32-37)18-4-6-21(30-12-18)25(28,29)24(39,13-35-14-31-33-34-35)19-5-3-16(26)11-20(19)27/h3-6,11-12,14-15,17,39H,7-10,13H2,1-2H3. The normalized spacial score (nSPS) is 17.7. The van der Waals surface area contributed by atoms with Crippen LogP contribution in [0.4, 0.5) is 17.6 Å². The Morgan fingerprint density at radius 1 is 1.10 bits per heavy atom. The molecule has 5 rings (SSSR count). The van der Waals surface area contributed by atoms with Crippen molar-refractivity contribution in [2.45, 2.75) is 63.6 Å². The molecule has 1 fully saturated rings. The van der Waals surface area contributed by atoms with Crippen LogP contribution in [-0.4, -0.2) is 44.6 Å². The average Bonchev–Trinajstić information content (AvgIpc) is 3.53. The van der Waals surface area contributed by atoms with Crippen molar-refractivity contribution in [1.82, 2.24) is 39.5 Å². The zero-order chi connectivity index (χ0) is 28.0. The van der Waals surface area contributed by atoms with Crippen molar-refractivity contribution in [3.63, 3.8) is 0 Å². The second kappa shape index (κ2) is 9.67. The zero-order valence-electron chi connectivity index (χ0n) is 21.2. The quantitative estimate of drug-likeness (QED) is 0.353. The van der Waals surface area contributed by atoms with Gasteiger partial charge in [0.05, 0.1) is 24.5 Å². The van der Waals surface area contributed by atoms with E-state index in [1.54, 1.807) is 0 Å². The summed E-state index contributed by atoms with van der Waals surface area (Å²) in [6.07, 6.45) is 6.81. The fourth-order valence-electron chi connectivity index (χ4n) is 4.96. The van der Waals surface area contributed by atoms with Crippen molar-refractivity contribution in [1.29, 1.82) is 0 Å². The van der Waals surface area contributed by atoms with Crippen LogP contribution >= 0.6 is 0 Å². The molecule has 1 unspecified atom stereocenters. The first-order valence-corrected chi connectivity index (χ1v) is 12.3. The molecule has 0 aliphatic heterocycles. The lowest BCUT2D eigenvalue weighted by molar-refractivity contribution is -0.207. The molecule has 0 amide bonds. The number of hydrogen-bond acceptors (Lipinski definition) is 7. The second-order valence-corrected chi connectivity index (χ2v) is 10.6. The Morgan fingerprint density at radius 3 is 2.46 bits per heavy atom. The molecule has 0 saturated heterocycles. The Morgan fingerprint density at radius 2 is 1.85 bits per heavy atom. The van der Waals surface area contributed by atoms with Crippen LogP contribution in [0.25, 0.3) is 5.69 Å². The Bertz CT molecular complexity index is 1510. The molecule has 1 atom stereocenters. The molecule has 1 aliphatic carbocycles. The second-order valence-electron chi connectivity index (χ2n) is 10.6. The Labute approximate surface area is 219 Å². The highest BCUT2D eigenvalue weighted by Crippen LogP contribution is 2.46. The van der Waals surface area contributed by atoms with Crippen molar-refractivity contribution in [2.75, 3.05) is 0 Å². The van der Waals surface area contributed by atoms with E-state index in [4.69, 9.17) is 0 Å². The van der Waals surface area contributed by atoms with Crippen molar-refractivity contribution in [3.05, 3.63) is 82.6 Å². The predicted octanol–water partition coefficient (Wildman–Crippen LogP) is 3.51. The number of benzene rings is 1. The van der Waals surface area contributed by atoms with Gasteiger partial charge in [-0.15, -0.1) is 5.10 Å². The molecule has 1 aliphatic rings. The third kappa shape index (κ3) is 4.84. The SMILES string of the molecule is CC1(C)CCC(n2ncn(-c3ccc(C(F)(F)C(O)(Cn4cnnn4)c4ccc(F)cc4F)nc3)c2=O)CC1. The van der Waals surface area contributed by atoms with Crippen LogP contribution in [0.2, 0.25) is 0 Å². The van der Waals surface area contributed by atoms with Gasteiger partial charge >= 0.3 is 11.6 Å². The van der Waals surface area contributed by atoms with Gasteiger partial charge in [0.15, 0.2) is 5.60 Å². The number of alkyl halides is 2. The highest BCUT2D eigenvalue weighted by Gasteiger charge is 2.58. The Hall–Kier alpha value is -3.94. The van der Waals surface area contributed by atoms with Crippen molar-refractivity contribution in [2.24, 2.45) is 5.41 Å². The fraction of sp³-hybridized carbons (Fsp3) is 0.440.